The van der Waals surface area contributed by atoms with Gasteiger partial charge in [-0.15, -0.1) is 0 Å². The first kappa shape index (κ1) is 12.0. The van der Waals surface area contributed by atoms with Gasteiger partial charge in [0.2, 0.25) is 0 Å². The highest BCUT2D eigenvalue weighted by atomic mass is 35.5. The summed E-state index contributed by atoms with van der Waals surface area (Å²) in [6.07, 6.45) is 0. The van der Waals surface area contributed by atoms with Crippen LogP contribution in [0.4, 0.5) is 0 Å². The van der Waals surface area contributed by atoms with Crippen molar-refractivity contribution >= 4 is 11.6 Å². The molecule has 88 valence electrons. The van der Waals surface area contributed by atoms with Crippen LogP contribution in [0.2, 0.25) is 5.02 Å². The fourth-order valence-electron chi connectivity index (χ4n) is 1.57. The molecule has 0 saturated carbocycles. The van der Waals surface area contributed by atoms with E-state index in [9.17, 15) is 0 Å². The number of hydrogen-bond donors (Lipinski definition) is 0. The van der Waals surface area contributed by atoms with Crippen molar-refractivity contribution < 1.29 is 4.74 Å². The zero-order valence-corrected chi connectivity index (χ0v) is 10.8. The molecule has 0 aliphatic carbocycles. The minimum absolute atomic E-state index is 0.571. The second-order valence-corrected chi connectivity index (χ2v) is 4.62. The van der Waals surface area contributed by atoms with Crippen LogP contribution in [0.15, 0.2) is 42.5 Å². The van der Waals surface area contributed by atoms with E-state index in [2.05, 4.69) is 31.2 Å². The Morgan fingerprint density at radius 1 is 1.00 bits per heavy atom. The Bertz CT molecular complexity index is 503. The lowest BCUT2D eigenvalue weighted by Crippen LogP contribution is -1.96. The third-order valence-corrected chi connectivity index (χ3v) is 2.90. The largest absolute Gasteiger partial charge is 0.489 e. The fourth-order valence-corrected chi connectivity index (χ4v) is 1.74. The van der Waals surface area contributed by atoms with Crippen LogP contribution in [0.5, 0.6) is 5.75 Å². The van der Waals surface area contributed by atoms with Crippen molar-refractivity contribution in [3.8, 4) is 5.75 Å². The van der Waals surface area contributed by atoms with Gasteiger partial charge in [-0.3, -0.25) is 0 Å². The number of halogens is 1. The van der Waals surface area contributed by atoms with E-state index in [4.69, 9.17) is 16.3 Å². The van der Waals surface area contributed by atoms with Crippen LogP contribution in [-0.2, 0) is 6.61 Å². The molecule has 2 heteroatoms. The summed E-state index contributed by atoms with van der Waals surface area (Å²) < 4.78 is 5.76. The lowest BCUT2D eigenvalue weighted by Gasteiger charge is -2.09. The summed E-state index contributed by atoms with van der Waals surface area (Å²) in [5.41, 5.74) is 3.52. The predicted octanol–water partition coefficient (Wildman–Crippen LogP) is 4.54. The molecule has 0 bridgehead atoms. The predicted molar refractivity (Wildman–Crippen MR) is 71.7 cm³/mol. The smallest absolute Gasteiger partial charge is 0.124 e. The quantitative estimate of drug-likeness (QED) is 0.773. The summed E-state index contributed by atoms with van der Waals surface area (Å²) in [4.78, 5) is 0. The van der Waals surface area contributed by atoms with Crippen molar-refractivity contribution in [2.75, 3.05) is 0 Å². The molecule has 0 radical (unpaired) electrons. The van der Waals surface area contributed by atoms with E-state index in [1.165, 1.54) is 5.56 Å². The van der Waals surface area contributed by atoms with Crippen LogP contribution in [0.25, 0.3) is 0 Å². The summed E-state index contributed by atoms with van der Waals surface area (Å²) in [5.74, 6) is 0.845. The second-order valence-electron chi connectivity index (χ2n) is 4.18. The summed E-state index contributed by atoms with van der Waals surface area (Å²) in [5, 5.41) is 0.703. The van der Waals surface area contributed by atoms with Gasteiger partial charge in [0.15, 0.2) is 0 Å². The normalized spacial score (nSPS) is 10.3. The molecule has 2 aromatic carbocycles. The van der Waals surface area contributed by atoms with Gasteiger partial charge < -0.3 is 4.74 Å². The third kappa shape index (κ3) is 3.24. The molecule has 0 heterocycles. The van der Waals surface area contributed by atoms with Crippen LogP contribution < -0.4 is 4.74 Å². The summed E-state index contributed by atoms with van der Waals surface area (Å²) in [6.45, 7) is 4.66. The zero-order valence-electron chi connectivity index (χ0n) is 10.0. The summed E-state index contributed by atoms with van der Waals surface area (Å²) in [7, 11) is 0. The molecule has 2 rings (SSSR count). The molecule has 2 aromatic rings. The van der Waals surface area contributed by atoms with Crippen molar-refractivity contribution in [1.29, 1.82) is 0 Å². The molecule has 0 unspecified atom stereocenters. The Morgan fingerprint density at radius 2 is 1.71 bits per heavy atom. The minimum atomic E-state index is 0.571. The maximum absolute atomic E-state index is 5.94. The van der Waals surface area contributed by atoms with Crippen molar-refractivity contribution in [2.45, 2.75) is 20.5 Å². The first-order valence-electron chi connectivity index (χ1n) is 5.59. The molecular weight excluding hydrogens is 232 g/mol. The van der Waals surface area contributed by atoms with Crippen molar-refractivity contribution in [1.82, 2.24) is 0 Å². The fraction of sp³-hybridized carbons (Fsp3) is 0.200. The Balaban J connectivity index is 2.07. The van der Waals surface area contributed by atoms with E-state index in [0.29, 0.717) is 11.6 Å². The lowest BCUT2D eigenvalue weighted by atomic mass is 10.2. The molecule has 0 fully saturated rings. The molecule has 0 aliphatic rings. The van der Waals surface area contributed by atoms with Gasteiger partial charge >= 0.3 is 0 Å². The third-order valence-electron chi connectivity index (χ3n) is 2.67. The highest BCUT2D eigenvalue weighted by Crippen LogP contribution is 2.23. The van der Waals surface area contributed by atoms with Crippen LogP contribution in [0.1, 0.15) is 16.7 Å². The molecular formula is C15H15ClO. The maximum atomic E-state index is 5.94. The Morgan fingerprint density at radius 3 is 2.41 bits per heavy atom. The Kier molecular flexibility index (Phi) is 3.70. The van der Waals surface area contributed by atoms with Gasteiger partial charge in [-0.25, -0.2) is 0 Å². The maximum Gasteiger partial charge on any atom is 0.124 e. The molecule has 0 aromatic heterocycles. The van der Waals surface area contributed by atoms with Crippen molar-refractivity contribution in [3.63, 3.8) is 0 Å². The molecule has 17 heavy (non-hydrogen) atoms. The van der Waals surface area contributed by atoms with E-state index in [-0.39, 0.29) is 0 Å². The van der Waals surface area contributed by atoms with Gasteiger partial charge in [0.25, 0.3) is 0 Å². The SMILES string of the molecule is Cc1ccc(COc2cc(Cl)ccc2C)cc1. The van der Waals surface area contributed by atoms with Gasteiger partial charge in [-0.1, -0.05) is 47.5 Å². The Labute approximate surface area is 107 Å². The van der Waals surface area contributed by atoms with Crippen LogP contribution >= 0.6 is 11.6 Å². The number of rotatable bonds is 3. The van der Waals surface area contributed by atoms with Crippen LogP contribution in [-0.4, -0.2) is 0 Å². The van der Waals surface area contributed by atoms with E-state index in [1.807, 2.05) is 25.1 Å². The van der Waals surface area contributed by atoms with Gasteiger partial charge in [-0.2, -0.15) is 0 Å². The monoisotopic (exact) mass is 246 g/mol. The van der Waals surface area contributed by atoms with Crippen molar-refractivity contribution in [3.05, 3.63) is 64.2 Å². The highest BCUT2D eigenvalue weighted by molar-refractivity contribution is 6.30. The van der Waals surface area contributed by atoms with E-state index in [0.717, 1.165) is 16.9 Å². The number of ether oxygens (including phenoxy) is 1. The molecule has 0 saturated heterocycles. The lowest BCUT2D eigenvalue weighted by molar-refractivity contribution is 0.304. The van der Waals surface area contributed by atoms with E-state index < -0.39 is 0 Å². The van der Waals surface area contributed by atoms with Crippen LogP contribution in [0, 0.1) is 13.8 Å². The molecule has 0 spiro atoms. The molecule has 0 N–H and O–H groups in total. The first-order chi connectivity index (χ1) is 8.15. The summed E-state index contributed by atoms with van der Waals surface area (Å²) >= 11 is 5.94. The topological polar surface area (TPSA) is 9.23 Å². The highest BCUT2D eigenvalue weighted by Gasteiger charge is 2.01. The van der Waals surface area contributed by atoms with Gasteiger partial charge in [0.05, 0.1) is 0 Å². The average Bonchev–Trinajstić information content (AvgIpc) is 2.32. The van der Waals surface area contributed by atoms with Gasteiger partial charge in [0.1, 0.15) is 12.4 Å². The van der Waals surface area contributed by atoms with Gasteiger partial charge in [-0.05, 0) is 37.1 Å². The van der Waals surface area contributed by atoms with E-state index >= 15 is 0 Å². The molecule has 0 amide bonds. The molecule has 0 atom stereocenters. The number of benzene rings is 2. The standard InChI is InChI=1S/C15H15ClO/c1-11-3-6-13(7-4-11)10-17-15-9-14(16)8-5-12(15)2/h3-9H,10H2,1-2H3. The number of hydrogen-bond acceptors (Lipinski definition) is 1. The van der Waals surface area contributed by atoms with Gasteiger partial charge in [0, 0.05) is 5.02 Å². The summed E-state index contributed by atoms with van der Waals surface area (Å²) in [6, 6.07) is 14.0. The molecule has 1 nitrogen and oxygen atoms in total. The zero-order chi connectivity index (χ0) is 12.3. The Hall–Kier alpha value is -1.47. The van der Waals surface area contributed by atoms with E-state index in [1.54, 1.807) is 0 Å². The number of aryl methyl sites for hydroxylation is 2. The van der Waals surface area contributed by atoms with Crippen LogP contribution in [0.3, 0.4) is 0 Å². The first-order valence-corrected chi connectivity index (χ1v) is 5.97. The average molecular weight is 247 g/mol. The van der Waals surface area contributed by atoms with Crippen molar-refractivity contribution in [2.24, 2.45) is 0 Å². The second kappa shape index (κ2) is 5.24. The molecule has 0 aliphatic heterocycles. The minimum Gasteiger partial charge on any atom is -0.489 e.